The molecule has 202 valence electrons. The van der Waals surface area contributed by atoms with Crippen molar-refractivity contribution >= 4 is 21.6 Å². The van der Waals surface area contributed by atoms with Gasteiger partial charge in [-0.05, 0) is 35.4 Å². The number of hydrogen-bond donors (Lipinski definition) is 1. The van der Waals surface area contributed by atoms with E-state index in [1.807, 2.05) is 12.1 Å². The number of ether oxygens (including phenoxy) is 3. The first kappa shape index (κ1) is 27.4. The number of benzene rings is 3. The highest BCUT2D eigenvalue weighted by atomic mass is 32.2. The molecule has 1 saturated heterocycles. The van der Waals surface area contributed by atoms with Gasteiger partial charge in [0, 0.05) is 32.2 Å². The third-order valence-electron chi connectivity index (χ3n) is 6.30. The SMILES string of the molecule is COc1ccc(S(=O)(=O)N(CC(=O)NCc2ccc(CN3CCOCC3)cc2)c2ccccc2)cc1OC. The average Bonchev–Trinajstić information content (AvgIpc) is 2.96. The number of nitrogens with one attached hydrogen (secondary N) is 1. The molecular weight excluding hydrogens is 506 g/mol. The number of sulfonamides is 1. The quantitative estimate of drug-likeness (QED) is 0.400. The van der Waals surface area contributed by atoms with E-state index in [1.165, 1.54) is 38.0 Å². The second kappa shape index (κ2) is 12.8. The lowest BCUT2D eigenvalue weighted by Gasteiger charge is -2.26. The molecule has 9 nitrogen and oxygen atoms in total. The lowest BCUT2D eigenvalue weighted by atomic mass is 10.1. The minimum absolute atomic E-state index is 0.0114. The molecule has 3 aromatic rings. The lowest BCUT2D eigenvalue weighted by Crippen LogP contribution is -2.40. The van der Waals surface area contributed by atoms with E-state index in [0.29, 0.717) is 11.4 Å². The van der Waals surface area contributed by atoms with Crippen LogP contribution in [-0.2, 0) is 32.6 Å². The number of carbonyl (C=O) groups is 1. The highest BCUT2D eigenvalue weighted by Gasteiger charge is 2.28. The van der Waals surface area contributed by atoms with Gasteiger partial charge in [0.05, 0.1) is 38.0 Å². The van der Waals surface area contributed by atoms with Gasteiger partial charge < -0.3 is 19.5 Å². The molecule has 0 bridgehead atoms. The minimum Gasteiger partial charge on any atom is -0.493 e. The standard InChI is InChI=1S/C28H33N3O6S/c1-35-26-13-12-25(18-27(26)36-2)38(33,34)31(24-6-4-3-5-7-24)21-28(32)29-19-22-8-10-23(11-9-22)20-30-14-16-37-17-15-30/h3-13,18H,14-17,19-21H2,1-2H3,(H,29,32). The highest BCUT2D eigenvalue weighted by molar-refractivity contribution is 7.92. The first-order valence-electron chi connectivity index (χ1n) is 12.3. The molecule has 1 aliphatic rings. The van der Waals surface area contributed by atoms with E-state index < -0.39 is 15.9 Å². The molecule has 38 heavy (non-hydrogen) atoms. The molecule has 0 atom stereocenters. The molecule has 0 radical (unpaired) electrons. The van der Waals surface area contributed by atoms with Crippen molar-refractivity contribution in [2.45, 2.75) is 18.0 Å². The van der Waals surface area contributed by atoms with Crippen LogP contribution in [0.3, 0.4) is 0 Å². The van der Waals surface area contributed by atoms with Crippen LogP contribution in [0, 0.1) is 0 Å². The van der Waals surface area contributed by atoms with E-state index >= 15 is 0 Å². The van der Waals surface area contributed by atoms with E-state index in [4.69, 9.17) is 14.2 Å². The van der Waals surface area contributed by atoms with Crippen LogP contribution in [0.4, 0.5) is 5.69 Å². The largest absolute Gasteiger partial charge is 0.493 e. The molecule has 1 aliphatic heterocycles. The Hall–Kier alpha value is -3.60. The molecule has 1 fully saturated rings. The number of nitrogens with zero attached hydrogens (tertiary/aromatic N) is 2. The van der Waals surface area contributed by atoms with Gasteiger partial charge in [-0.15, -0.1) is 0 Å². The average molecular weight is 540 g/mol. The van der Waals surface area contributed by atoms with Crippen molar-refractivity contribution in [3.05, 3.63) is 83.9 Å². The highest BCUT2D eigenvalue weighted by Crippen LogP contribution is 2.32. The predicted octanol–water partition coefficient (Wildman–Crippen LogP) is 3.05. The number of carbonyl (C=O) groups excluding carboxylic acids is 1. The number of amides is 1. The summed E-state index contributed by atoms with van der Waals surface area (Å²) >= 11 is 0. The van der Waals surface area contributed by atoms with Crippen molar-refractivity contribution in [3.63, 3.8) is 0 Å². The van der Waals surface area contributed by atoms with Crippen LogP contribution < -0.4 is 19.1 Å². The molecule has 0 saturated carbocycles. The molecule has 4 rings (SSSR count). The van der Waals surface area contributed by atoms with Crippen molar-refractivity contribution in [1.82, 2.24) is 10.2 Å². The molecule has 3 aromatic carbocycles. The van der Waals surface area contributed by atoms with Gasteiger partial charge in [0.25, 0.3) is 10.0 Å². The molecule has 1 amide bonds. The number of para-hydroxylation sites is 1. The van der Waals surface area contributed by atoms with Crippen LogP contribution in [0.15, 0.2) is 77.7 Å². The van der Waals surface area contributed by atoms with Gasteiger partial charge in [-0.3, -0.25) is 14.0 Å². The maximum Gasteiger partial charge on any atom is 0.264 e. The molecule has 1 heterocycles. The second-order valence-electron chi connectivity index (χ2n) is 8.85. The van der Waals surface area contributed by atoms with Gasteiger partial charge >= 0.3 is 0 Å². The van der Waals surface area contributed by atoms with Gasteiger partial charge in [0.15, 0.2) is 11.5 Å². The van der Waals surface area contributed by atoms with Crippen LogP contribution in [-0.4, -0.2) is 66.3 Å². The number of rotatable bonds is 11. The monoisotopic (exact) mass is 539 g/mol. The third kappa shape index (κ3) is 6.83. The van der Waals surface area contributed by atoms with Crippen molar-refractivity contribution in [2.24, 2.45) is 0 Å². The fourth-order valence-corrected chi connectivity index (χ4v) is 5.62. The van der Waals surface area contributed by atoms with Crippen molar-refractivity contribution in [3.8, 4) is 11.5 Å². The summed E-state index contributed by atoms with van der Waals surface area (Å²) in [6.07, 6.45) is 0. The zero-order chi connectivity index (χ0) is 27.0. The van der Waals surface area contributed by atoms with Crippen LogP contribution in [0.1, 0.15) is 11.1 Å². The summed E-state index contributed by atoms with van der Waals surface area (Å²) in [5.41, 5.74) is 2.50. The van der Waals surface area contributed by atoms with E-state index in [0.717, 1.165) is 42.7 Å². The molecule has 10 heteroatoms. The van der Waals surface area contributed by atoms with Crippen LogP contribution in [0.25, 0.3) is 0 Å². The number of methoxy groups -OCH3 is 2. The Morgan fingerprint density at radius 2 is 1.58 bits per heavy atom. The summed E-state index contributed by atoms with van der Waals surface area (Å²) in [6, 6.07) is 20.9. The molecule has 0 aliphatic carbocycles. The van der Waals surface area contributed by atoms with Crippen LogP contribution in [0.5, 0.6) is 11.5 Å². The van der Waals surface area contributed by atoms with E-state index in [9.17, 15) is 13.2 Å². The Morgan fingerprint density at radius 1 is 0.921 bits per heavy atom. The van der Waals surface area contributed by atoms with Crippen molar-refractivity contribution < 1.29 is 27.4 Å². The number of morpholine rings is 1. The van der Waals surface area contributed by atoms with Gasteiger partial charge in [-0.25, -0.2) is 8.42 Å². The zero-order valence-electron chi connectivity index (χ0n) is 21.6. The summed E-state index contributed by atoms with van der Waals surface area (Å²) in [7, 11) is -1.17. The Morgan fingerprint density at radius 3 is 2.24 bits per heavy atom. The van der Waals surface area contributed by atoms with Crippen LogP contribution >= 0.6 is 0 Å². The summed E-state index contributed by atoms with van der Waals surface area (Å²) in [4.78, 5) is 15.3. The Bertz CT molecular complexity index is 1310. The molecule has 0 aromatic heterocycles. The second-order valence-corrected chi connectivity index (χ2v) is 10.7. The smallest absolute Gasteiger partial charge is 0.264 e. The van der Waals surface area contributed by atoms with E-state index in [2.05, 4.69) is 22.3 Å². The van der Waals surface area contributed by atoms with Crippen molar-refractivity contribution in [2.75, 3.05) is 51.4 Å². The Kier molecular flexibility index (Phi) is 9.22. The van der Waals surface area contributed by atoms with E-state index in [-0.39, 0.29) is 23.7 Å². The minimum atomic E-state index is -4.09. The topological polar surface area (TPSA) is 97.4 Å². The van der Waals surface area contributed by atoms with Gasteiger partial charge in [-0.1, -0.05) is 42.5 Å². The maximum atomic E-state index is 13.6. The van der Waals surface area contributed by atoms with Gasteiger partial charge in [-0.2, -0.15) is 0 Å². The summed E-state index contributed by atoms with van der Waals surface area (Å²) in [5, 5.41) is 2.85. The summed E-state index contributed by atoms with van der Waals surface area (Å²) in [5.74, 6) is 0.268. The normalized spacial score (nSPS) is 14.1. The number of hydrogen-bond acceptors (Lipinski definition) is 7. The zero-order valence-corrected chi connectivity index (χ0v) is 22.4. The third-order valence-corrected chi connectivity index (χ3v) is 8.07. The maximum absolute atomic E-state index is 13.6. The van der Waals surface area contributed by atoms with Crippen LogP contribution in [0.2, 0.25) is 0 Å². The fourth-order valence-electron chi connectivity index (χ4n) is 4.18. The molecular formula is C28H33N3O6S. The molecule has 1 N–H and O–H groups in total. The summed E-state index contributed by atoms with van der Waals surface area (Å²) < 4.78 is 44.3. The Labute approximate surface area is 224 Å². The first-order valence-corrected chi connectivity index (χ1v) is 13.8. The van der Waals surface area contributed by atoms with Gasteiger partial charge in [0.2, 0.25) is 5.91 Å². The molecule has 0 spiro atoms. The fraction of sp³-hybridized carbons (Fsp3) is 0.321. The summed E-state index contributed by atoms with van der Waals surface area (Å²) in [6.45, 7) is 4.11. The predicted molar refractivity (Wildman–Crippen MR) is 145 cm³/mol. The molecule has 0 unspecified atom stereocenters. The van der Waals surface area contributed by atoms with Gasteiger partial charge in [0.1, 0.15) is 6.54 Å². The van der Waals surface area contributed by atoms with E-state index in [1.54, 1.807) is 30.3 Å². The lowest BCUT2D eigenvalue weighted by molar-refractivity contribution is -0.119. The number of anilines is 1. The van der Waals surface area contributed by atoms with Crippen molar-refractivity contribution in [1.29, 1.82) is 0 Å². The Balaban J connectivity index is 1.45. The first-order chi connectivity index (χ1) is 18.4.